The topological polar surface area (TPSA) is 60.2 Å². The number of hydrogen-bond donors (Lipinski definition) is 1. The predicted octanol–water partition coefficient (Wildman–Crippen LogP) is 1.75. The molecule has 90 valence electrons. The van der Waals surface area contributed by atoms with Crippen LogP contribution in [0.5, 0.6) is 0 Å². The van der Waals surface area contributed by atoms with E-state index in [-0.39, 0.29) is 18.9 Å². The highest BCUT2D eigenvalue weighted by Gasteiger charge is 2.27. The van der Waals surface area contributed by atoms with Crippen molar-refractivity contribution >= 4 is 22.6 Å². The Labute approximate surface area is 103 Å². The van der Waals surface area contributed by atoms with Crippen molar-refractivity contribution < 1.29 is 9.84 Å². The number of aromatic nitrogens is 3. The van der Waals surface area contributed by atoms with Crippen LogP contribution in [-0.4, -0.2) is 32.4 Å². The zero-order chi connectivity index (χ0) is 11.8. The van der Waals surface area contributed by atoms with Crippen LogP contribution < -0.4 is 0 Å². The van der Waals surface area contributed by atoms with Crippen LogP contribution >= 0.6 is 11.6 Å². The molecule has 1 N–H and O–H groups in total. The molecule has 2 atom stereocenters. The molecule has 0 saturated carbocycles. The second-order valence-corrected chi connectivity index (χ2v) is 4.46. The molecule has 2 aromatic heterocycles. The molecule has 1 fully saturated rings. The largest absolute Gasteiger partial charge is 0.394 e. The van der Waals surface area contributed by atoms with Crippen LogP contribution in [0.25, 0.3) is 11.0 Å². The minimum atomic E-state index is -0.0743. The van der Waals surface area contributed by atoms with Crippen LogP contribution in [0.1, 0.15) is 19.1 Å². The van der Waals surface area contributed by atoms with Crippen LogP contribution in [-0.2, 0) is 4.74 Å². The third-order valence-corrected chi connectivity index (χ3v) is 3.36. The summed E-state index contributed by atoms with van der Waals surface area (Å²) in [4.78, 5) is 8.16. The number of halogens is 1. The molecule has 0 bridgehead atoms. The highest BCUT2D eigenvalue weighted by atomic mass is 35.5. The molecule has 3 heterocycles. The van der Waals surface area contributed by atoms with Crippen molar-refractivity contribution in [2.24, 2.45) is 0 Å². The van der Waals surface area contributed by atoms with Gasteiger partial charge in [0.25, 0.3) is 0 Å². The molecular formula is C11H12ClN3O2. The van der Waals surface area contributed by atoms with Crippen molar-refractivity contribution in [2.75, 3.05) is 6.61 Å². The van der Waals surface area contributed by atoms with Crippen molar-refractivity contribution in [3.05, 3.63) is 23.7 Å². The molecule has 3 rings (SSSR count). The lowest BCUT2D eigenvalue weighted by molar-refractivity contribution is -0.0204. The van der Waals surface area contributed by atoms with Crippen molar-refractivity contribution in [1.82, 2.24) is 14.5 Å². The maximum Gasteiger partial charge on any atom is 0.146 e. The van der Waals surface area contributed by atoms with E-state index in [4.69, 9.17) is 21.4 Å². The van der Waals surface area contributed by atoms with Gasteiger partial charge >= 0.3 is 0 Å². The molecule has 5 nitrogen and oxygen atoms in total. The van der Waals surface area contributed by atoms with Crippen molar-refractivity contribution in [3.63, 3.8) is 0 Å². The van der Waals surface area contributed by atoms with Crippen LogP contribution in [0.2, 0.25) is 5.15 Å². The van der Waals surface area contributed by atoms with Crippen LogP contribution in [0.3, 0.4) is 0 Å². The minimum Gasteiger partial charge on any atom is -0.394 e. The van der Waals surface area contributed by atoms with Gasteiger partial charge in [0.15, 0.2) is 0 Å². The van der Waals surface area contributed by atoms with E-state index in [0.717, 1.165) is 23.9 Å². The first kappa shape index (κ1) is 11.0. The average Bonchev–Trinajstić information content (AvgIpc) is 2.94. The molecule has 0 aromatic carbocycles. The third kappa shape index (κ3) is 1.80. The summed E-state index contributed by atoms with van der Waals surface area (Å²) in [7, 11) is 0. The summed E-state index contributed by atoms with van der Waals surface area (Å²) in [6.07, 6.45) is 4.93. The van der Waals surface area contributed by atoms with E-state index in [9.17, 15) is 0 Å². The van der Waals surface area contributed by atoms with E-state index < -0.39 is 0 Å². The normalized spacial score (nSPS) is 24.6. The fraction of sp³-hybridized carbons (Fsp3) is 0.455. The molecule has 2 aromatic rings. The number of aliphatic hydroxyl groups is 1. The first-order valence-electron chi connectivity index (χ1n) is 5.53. The number of ether oxygens (including phenoxy) is 1. The monoisotopic (exact) mass is 253 g/mol. The quantitative estimate of drug-likeness (QED) is 0.829. The third-order valence-electron chi connectivity index (χ3n) is 3.06. The number of aliphatic hydroxyl groups excluding tert-OH is 1. The lowest BCUT2D eigenvalue weighted by Gasteiger charge is -2.14. The van der Waals surface area contributed by atoms with E-state index in [1.54, 1.807) is 0 Å². The molecule has 17 heavy (non-hydrogen) atoms. The summed E-state index contributed by atoms with van der Waals surface area (Å²) in [5, 5.41) is 10.3. The van der Waals surface area contributed by atoms with Gasteiger partial charge < -0.3 is 14.4 Å². The lowest BCUT2D eigenvalue weighted by Crippen LogP contribution is -2.14. The van der Waals surface area contributed by atoms with Crippen molar-refractivity contribution in [1.29, 1.82) is 0 Å². The number of hydrogen-bond acceptors (Lipinski definition) is 4. The first-order chi connectivity index (χ1) is 8.29. The van der Waals surface area contributed by atoms with E-state index in [2.05, 4.69) is 9.97 Å². The second-order valence-electron chi connectivity index (χ2n) is 4.10. The van der Waals surface area contributed by atoms with Gasteiger partial charge in [-0.15, -0.1) is 0 Å². The van der Waals surface area contributed by atoms with Gasteiger partial charge in [0.2, 0.25) is 0 Å². The van der Waals surface area contributed by atoms with Gasteiger partial charge in [-0.1, -0.05) is 11.6 Å². The predicted molar refractivity (Wildman–Crippen MR) is 62.8 cm³/mol. The molecular weight excluding hydrogens is 242 g/mol. The van der Waals surface area contributed by atoms with E-state index in [0.29, 0.717) is 5.15 Å². The van der Waals surface area contributed by atoms with Gasteiger partial charge in [-0.05, 0) is 18.9 Å². The van der Waals surface area contributed by atoms with Crippen LogP contribution in [0.4, 0.5) is 0 Å². The van der Waals surface area contributed by atoms with E-state index in [1.165, 1.54) is 6.33 Å². The maximum absolute atomic E-state index is 9.06. The SMILES string of the molecule is OC[C@@H]1CC[C@H](n2ccc3c(Cl)ncnc32)O1. The van der Waals surface area contributed by atoms with Crippen molar-refractivity contribution in [2.45, 2.75) is 25.2 Å². The molecule has 6 heteroatoms. The zero-order valence-electron chi connectivity index (χ0n) is 9.08. The number of nitrogens with zero attached hydrogens (tertiary/aromatic N) is 3. The fourth-order valence-corrected chi connectivity index (χ4v) is 2.39. The maximum atomic E-state index is 9.06. The van der Waals surface area contributed by atoms with E-state index in [1.807, 2.05) is 16.8 Å². The lowest BCUT2D eigenvalue weighted by atomic mass is 10.2. The minimum absolute atomic E-state index is 0.0610. The molecule has 1 saturated heterocycles. The average molecular weight is 254 g/mol. The van der Waals surface area contributed by atoms with Gasteiger partial charge in [-0.3, -0.25) is 0 Å². The summed E-state index contributed by atoms with van der Waals surface area (Å²) >= 11 is 5.99. The summed E-state index contributed by atoms with van der Waals surface area (Å²) in [5.74, 6) is 0. The van der Waals surface area contributed by atoms with Crippen LogP contribution in [0.15, 0.2) is 18.6 Å². The Morgan fingerprint density at radius 3 is 3.12 bits per heavy atom. The van der Waals surface area contributed by atoms with Crippen LogP contribution in [0, 0.1) is 0 Å². The van der Waals surface area contributed by atoms with E-state index >= 15 is 0 Å². The zero-order valence-corrected chi connectivity index (χ0v) is 9.84. The first-order valence-corrected chi connectivity index (χ1v) is 5.90. The highest BCUT2D eigenvalue weighted by molar-refractivity contribution is 6.33. The smallest absolute Gasteiger partial charge is 0.146 e. The Bertz CT molecular complexity index is 542. The summed E-state index contributed by atoms with van der Waals surface area (Å²) in [6.45, 7) is 0.0610. The molecule has 0 amide bonds. The summed E-state index contributed by atoms with van der Waals surface area (Å²) in [5.41, 5.74) is 0.772. The Kier molecular flexibility index (Phi) is 2.74. The molecule has 1 aliphatic rings. The second kappa shape index (κ2) is 4.25. The van der Waals surface area contributed by atoms with Gasteiger partial charge in [-0.25, -0.2) is 9.97 Å². The number of fused-ring (bicyclic) bond motifs is 1. The Hall–Kier alpha value is -1.17. The molecule has 1 aliphatic heterocycles. The van der Waals surface area contributed by atoms with Crippen molar-refractivity contribution in [3.8, 4) is 0 Å². The highest BCUT2D eigenvalue weighted by Crippen LogP contribution is 2.31. The van der Waals surface area contributed by atoms with Gasteiger partial charge in [-0.2, -0.15) is 0 Å². The fourth-order valence-electron chi connectivity index (χ4n) is 2.20. The number of rotatable bonds is 2. The standard InChI is InChI=1S/C11H12ClN3O2/c12-10-8-3-4-15(11(8)14-6-13-10)9-2-1-7(5-16)17-9/h3-4,6-7,9,16H,1-2,5H2/t7-,9+/m0/s1. The van der Waals surface area contributed by atoms with Gasteiger partial charge in [0.05, 0.1) is 18.1 Å². The summed E-state index contributed by atoms with van der Waals surface area (Å²) < 4.78 is 7.66. The molecule has 0 spiro atoms. The van der Waals surface area contributed by atoms with Gasteiger partial charge in [0.1, 0.15) is 23.4 Å². The Morgan fingerprint density at radius 1 is 1.47 bits per heavy atom. The summed E-state index contributed by atoms with van der Waals surface area (Å²) in [6, 6.07) is 1.88. The molecule has 0 unspecified atom stereocenters. The Morgan fingerprint density at radius 2 is 2.35 bits per heavy atom. The molecule has 0 radical (unpaired) electrons. The molecule has 0 aliphatic carbocycles. The Balaban J connectivity index is 1.99. The van der Waals surface area contributed by atoms with Gasteiger partial charge in [0, 0.05) is 6.20 Å².